The van der Waals surface area contributed by atoms with Crippen molar-refractivity contribution >= 4 is 17.6 Å². The Bertz CT molecular complexity index is 480. The lowest BCUT2D eigenvalue weighted by Crippen LogP contribution is -2.30. The number of carbonyl (C=O) groups is 2. The molecule has 0 bridgehead atoms. The number of hydrogen-bond acceptors (Lipinski definition) is 4. The monoisotopic (exact) mass is 281 g/mol. The van der Waals surface area contributed by atoms with E-state index in [-0.39, 0.29) is 17.9 Å². The standard InChI is InChI=1S/C14H23N3O3/c1-10(2)17-9-11(15)8-12(17)14(19)16(3)7-5-6-13(18)20-4/h8-10H,5-7,15H2,1-4H3. The van der Waals surface area contributed by atoms with Gasteiger partial charge in [-0.05, 0) is 26.3 Å². The highest BCUT2D eigenvalue weighted by molar-refractivity contribution is 5.93. The van der Waals surface area contributed by atoms with Crippen LogP contribution in [-0.4, -0.2) is 42.0 Å². The third-order valence-corrected chi connectivity index (χ3v) is 3.09. The number of hydrogen-bond donors (Lipinski definition) is 1. The molecule has 20 heavy (non-hydrogen) atoms. The van der Waals surface area contributed by atoms with Gasteiger partial charge in [0.2, 0.25) is 0 Å². The zero-order valence-electron chi connectivity index (χ0n) is 12.5. The molecule has 2 N–H and O–H groups in total. The Hall–Kier alpha value is -1.98. The van der Waals surface area contributed by atoms with E-state index in [1.165, 1.54) is 7.11 Å². The first-order chi connectivity index (χ1) is 9.36. The number of carbonyl (C=O) groups excluding carboxylic acids is 2. The maximum atomic E-state index is 12.4. The Morgan fingerprint density at radius 2 is 2.10 bits per heavy atom. The van der Waals surface area contributed by atoms with E-state index < -0.39 is 0 Å². The Morgan fingerprint density at radius 1 is 1.45 bits per heavy atom. The molecule has 0 aliphatic carbocycles. The highest BCUT2D eigenvalue weighted by atomic mass is 16.5. The minimum atomic E-state index is -0.263. The molecular formula is C14H23N3O3. The molecule has 0 aromatic carbocycles. The van der Waals surface area contributed by atoms with Gasteiger partial charge in [-0.3, -0.25) is 9.59 Å². The Kier molecular flexibility index (Phi) is 5.61. The number of esters is 1. The number of anilines is 1. The predicted molar refractivity (Wildman–Crippen MR) is 77.4 cm³/mol. The quantitative estimate of drug-likeness (QED) is 0.805. The SMILES string of the molecule is COC(=O)CCCN(C)C(=O)c1cc(N)cn1C(C)C. The molecule has 1 heterocycles. The van der Waals surface area contributed by atoms with Crippen LogP contribution in [0.1, 0.15) is 43.2 Å². The fourth-order valence-corrected chi connectivity index (χ4v) is 1.96. The lowest BCUT2D eigenvalue weighted by Gasteiger charge is -2.19. The number of ether oxygens (including phenoxy) is 1. The van der Waals surface area contributed by atoms with Crippen molar-refractivity contribution in [1.29, 1.82) is 0 Å². The van der Waals surface area contributed by atoms with Crippen LogP contribution in [0.25, 0.3) is 0 Å². The number of aromatic nitrogens is 1. The predicted octanol–water partition coefficient (Wildman–Crippen LogP) is 1.68. The van der Waals surface area contributed by atoms with E-state index in [0.29, 0.717) is 30.8 Å². The molecule has 1 amide bonds. The highest BCUT2D eigenvalue weighted by Crippen LogP contribution is 2.18. The van der Waals surface area contributed by atoms with Gasteiger partial charge in [0.25, 0.3) is 5.91 Å². The van der Waals surface area contributed by atoms with Gasteiger partial charge < -0.3 is 19.9 Å². The summed E-state index contributed by atoms with van der Waals surface area (Å²) in [5.74, 6) is -0.360. The molecule has 1 rings (SSSR count). The first-order valence-electron chi connectivity index (χ1n) is 6.66. The number of nitrogen functional groups attached to an aromatic ring is 1. The Morgan fingerprint density at radius 3 is 2.65 bits per heavy atom. The van der Waals surface area contributed by atoms with E-state index in [4.69, 9.17) is 5.73 Å². The smallest absolute Gasteiger partial charge is 0.305 e. The first kappa shape index (κ1) is 16.1. The minimum absolute atomic E-state index is 0.0970. The minimum Gasteiger partial charge on any atom is -0.469 e. The summed E-state index contributed by atoms with van der Waals surface area (Å²) in [5.41, 5.74) is 6.90. The summed E-state index contributed by atoms with van der Waals surface area (Å²) in [7, 11) is 3.07. The average Bonchev–Trinajstić information content (AvgIpc) is 2.79. The summed E-state index contributed by atoms with van der Waals surface area (Å²) >= 11 is 0. The zero-order chi connectivity index (χ0) is 15.3. The van der Waals surface area contributed by atoms with Crippen LogP contribution in [-0.2, 0) is 9.53 Å². The van der Waals surface area contributed by atoms with Crippen LogP contribution in [0.2, 0.25) is 0 Å². The van der Waals surface area contributed by atoms with Crippen molar-refractivity contribution in [1.82, 2.24) is 9.47 Å². The fourth-order valence-electron chi connectivity index (χ4n) is 1.96. The summed E-state index contributed by atoms with van der Waals surface area (Å²) in [5, 5.41) is 0. The summed E-state index contributed by atoms with van der Waals surface area (Å²) in [4.78, 5) is 25.0. The molecule has 0 unspecified atom stereocenters. The van der Waals surface area contributed by atoms with Gasteiger partial charge in [-0.2, -0.15) is 0 Å². The molecule has 0 saturated heterocycles. The molecule has 0 saturated carbocycles. The van der Waals surface area contributed by atoms with Gasteiger partial charge in [0, 0.05) is 32.3 Å². The van der Waals surface area contributed by atoms with E-state index in [1.807, 2.05) is 18.4 Å². The molecule has 112 valence electrons. The molecule has 0 radical (unpaired) electrons. The number of amides is 1. The molecule has 0 aliphatic rings. The van der Waals surface area contributed by atoms with Gasteiger partial charge in [-0.1, -0.05) is 0 Å². The normalized spacial score (nSPS) is 10.7. The summed E-state index contributed by atoms with van der Waals surface area (Å²) < 4.78 is 6.42. The van der Waals surface area contributed by atoms with E-state index >= 15 is 0 Å². The van der Waals surface area contributed by atoms with Crippen molar-refractivity contribution in [3.63, 3.8) is 0 Å². The summed E-state index contributed by atoms with van der Waals surface area (Å²) in [6, 6.07) is 1.84. The molecule has 6 nitrogen and oxygen atoms in total. The summed E-state index contributed by atoms with van der Waals surface area (Å²) in [6.45, 7) is 4.48. The molecular weight excluding hydrogens is 258 g/mol. The number of methoxy groups -OCH3 is 1. The van der Waals surface area contributed by atoms with E-state index in [9.17, 15) is 9.59 Å². The molecule has 0 aliphatic heterocycles. The molecule has 0 spiro atoms. The number of nitrogens with two attached hydrogens (primary N) is 1. The topological polar surface area (TPSA) is 77.6 Å². The Labute approximate surface area is 119 Å². The fraction of sp³-hybridized carbons (Fsp3) is 0.571. The number of nitrogens with zero attached hydrogens (tertiary/aromatic N) is 2. The molecule has 0 atom stereocenters. The van der Waals surface area contributed by atoms with Gasteiger partial charge in [0.05, 0.1) is 12.8 Å². The molecule has 1 aromatic heterocycles. The lowest BCUT2D eigenvalue weighted by molar-refractivity contribution is -0.140. The van der Waals surface area contributed by atoms with Crippen LogP contribution in [0.5, 0.6) is 0 Å². The van der Waals surface area contributed by atoms with Gasteiger partial charge in [0.15, 0.2) is 0 Å². The van der Waals surface area contributed by atoms with Crippen LogP contribution < -0.4 is 5.73 Å². The second-order valence-corrected chi connectivity index (χ2v) is 5.07. The van der Waals surface area contributed by atoms with Crippen molar-refractivity contribution in [3.05, 3.63) is 18.0 Å². The van der Waals surface area contributed by atoms with E-state index in [0.717, 1.165) is 0 Å². The molecule has 1 aromatic rings. The number of rotatable bonds is 6. The van der Waals surface area contributed by atoms with Crippen LogP contribution in [0.3, 0.4) is 0 Å². The highest BCUT2D eigenvalue weighted by Gasteiger charge is 2.18. The second-order valence-electron chi connectivity index (χ2n) is 5.07. The van der Waals surface area contributed by atoms with Crippen LogP contribution >= 0.6 is 0 Å². The van der Waals surface area contributed by atoms with Gasteiger partial charge >= 0.3 is 5.97 Å². The second kappa shape index (κ2) is 6.98. The van der Waals surface area contributed by atoms with Crippen LogP contribution in [0.4, 0.5) is 5.69 Å². The van der Waals surface area contributed by atoms with Crippen LogP contribution in [0.15, 0.2) is 12.3 Å². The van der Waals surface area contributed by atoms with Crippen LogP contribution in [0, 0.1) is 0 Å². The zero-order valence-corrected chi connectivity index (χ0v) is 12.5. The first-order valence-corrected chi connectivity index (χ1v) is 6.66. The van der Waals surface area contributed by atoms with Gasteiger partial charge in [-0.15, -0.1) is 0 Å². The van der Waals surface area contributed by atoms with Crippen molar-refractivity contribution in [3.8, 4) is 0 Å². The van der Waals surface area contributed by atoms with Crippen molar-refractivity contribution in [2.75, 3.05) is 26.4 Å². The molecule has 0 fully saturated rings. The van der Waals surface area contributed by atoms with Gasteiger partial charge in [0.1, 0.15) is 5.69 Å². The molecule has 6 heteroatoms. The Balaban J connectivity index is 2.67. The largest absolute Gasteiger partial charge is 0.469 e. The maximum Gasteiger partial charge on any atom is 0.305 e. The maximum absolute atomic E-state index is 12.4. The van der Waals surface area contributed by atoms with E-state index in [1.54, 1.807) is 24.2 Å². The third kappa shape index (κ3) is 4.01. The summed E-state index contributed by atoms with van der Waals surface area (Å²) in [6.07, 6.45) is 2.65. The van der Waals surface area contributed by atoms with Crippen molar-refractivity contribution in [2.45, 2.75) is 32.7 Å². The average molecular weight is 281 g/mol. The lowest BCUT2D eigenvalue weighted by atomic mass is 10.2. The van der Waals surface area contributed by atoms with Gasteiger partial charge in [-0.25, -0.2) is 0 Å². The van der Waals surface area contributed by atoms with Crippen molar-refractivity contribution < 1.29 is 14.3 Å². The third-order valence-electron chi connectivity index (χ3n) is 3.09. The van der Waals surface area contributed by atoms with E-state index in [2.05, 4.69) is 4.74 Å². The van der Waals surface area contributed by atoms with Crippen molar-refractivity contribution in [2.24, 2.45) is 0 Å².